The number of ether oxygens (including phenoxy) is 1. The SMILES string of the molecule is C1=CCC=C1.O=C(/C=C/C1=CCC=C1)c1ccc(OCCn2cc(CN[C@@H]3C(=O)N(C4CCCCC4)[C@@H]3/C=C/c3ccccc3)nn2)cc1.[Fe+2]. The number of nitrogens with one attached hydrogen (secondary N) is 1. The summed E-state index contributed by atoms with van der Waals surface area (Å²) >= 11 is 0. The molecule has 0 radical (unpaired) electrons. The summed E-state index contributed by atoms with van der Waals surface area (Å²) in [6.07, 6.45) is 32.0. The molecule has 2 heterocycles. The molecule has 0 spiro atoms. The molecular formula is C41H45FeN5O3+2. The predicted octanol–water partition coefficient (Wildman–Crippen LogP) is 7.20. The molecule has 8 nitrogen and oxygen atoms in total. The number of hydrogen-bond donors (Lipinski definition) is 1. The number of amides is 1. The van der Waals surface area contributed by atoms with E-state index in [-0.39, 0.29) is 40.8 Å². The van der Waals surface area contributed by atoms with E-state index in [1.165, 1.54) is 19.3 Å². The zero-order valence-electron chi connectivity index (χ0n) is 28.3. The third-order valence-electron chi connectivity index (χ3n) is 9.14. The molecular weight excluding hydrogens is 666 g/mol. The standard InChI is InChI=1S/C36H39N5O3.C5H6.Fe/c42-34(22-16-28-11-7-8-12-28)29-17-19-32(20-18-29)44-24-23-40-26-30(38-39-40)25-37-35-33(21-15-27-9-3-1-4-10-27)41(36(35)43)31-13-5-2-6-14-31;1-2-4-5-3-1;/h1,3-4,7,9-12,15-22,26,31,33,35,37H,2,5-6,8,13-14,23-25H2;1-4H,5H2;/q;;+2/b21-15+,22-16+;;/t33-,35+;;/m1../s1. The second kappa shape index (κ2) is 19.0. The largest absolute Gasteiger partial charge is 2.00 e. The van der Waals surface area contributed by atoms with Gasteiger partial charge >= 0.3 is 17.1 Å². The van der Waals surface area contributed by atoms with E-state index in [4.69, 9.17) is 4.74 Å². The minimum atomic E-state index is -0.271. The Bertz CT molecular complexity index is 1720. The number of carbonyl (C=O) groups is 2. The minimum absolute atomic E-state index is 0. The summed E-state index contributed by atoms with van der Waals surface area (Å²) in [5.74, 6) is 0.826. The summed E-state index contributed by atoms with van der Waals surface area (Å²) in [5.41, 5.74) is 3.59. The van der Waals surface area contributed by atoms with Gasteiger partial charge in [0.1, 0.15) is 18.4 Å². The van der Waals surface area contributed by atoms with Gasteiger partial charge in [-0.3, -0.25) is 14.9 Å². The summed E-state index contributed by atoms with van der Waals surface area (Å²) in [6, 6.07) is 17.5. The molecule has 2 fully saturated rings. The van der Waals surface area contributed by atoms with E-state index in [1.807, 2.05) is 36.5 Å². The molecule has 1 saturated carbocycles. The zero-order valence-corrected chi connectivity index (χ0v) is 29.4. The van der Waals surface area contributed by atoms with Gasteiger partial charge in [-0.15, -0.1) is 5.10 Å². The van der Waals surface area contributed by atoms with Crippen LogP contribution in [0.25, 0.3) is 6.08 Å². The van der Waals surface area contributed by atoms with Crippen molar-refractivity contribution < 1.29 is 31.4 Å². The molecule has 2 aromatic carbocycles. The van der Waals surface area contributed by atoms with Gasteiger partial charge < -0.3 is 9.64 Å². The fraction of sp³-hybridized carbons (Fsp3) is 0.317. The summed E-state index contributed by atoms with van der Waals surface area (Å²) < 4.78 is 7.62. The van der Waals surface area contributed by atoms with Crippen molar-refractivity contribution in [3.05, 3.63) is 144 Å². The van der Waals surface area contributed by atoms with Gasteiger partial charge in [-0.25, -0.2) is 4.68 Å². The summed E-state index contributed by atoms with van der Waals surface area (Å²) in [4.78, 5) is 27.8. The van der Waals surface area contributed by atoms with Gasteiger partial charge in [0.05, 0.1) is 18.3 Å². The van der Waals surface area contributed by atoms with E-state index < -0.39 is 0 Å². The molecule has 258 valence electrons. The van der Waals surface area contributed by atoms with Crippen LogP contribution in [-0.2, 0) is 35.0 Å². The predicted molar refractivity (Wildman–Crippen MR) is 194 cm³/mol. The Balaban J connectivity index is 0.000000745. The van der Waals surface area contributed by atoms with Gasteiger partial charge in [-0.1, -0.05) is 116 Å². The van der Waals surface area contributed by atoms with Gasteiger partial charge in [0.2, 0.25) is 5.91 Å². The van der Waals surface area contributed by atoms with E-state index >= 15 is 0 Å². The third kappa shape index (κ3) is 10.2. The molecule has 0 unspecified atom stereocenters. The number of aromatic nitrogens is 3. The first-order valence-corrected chi connectivity index (χ1v) is 17.5. The molecule has 1 aromatic heterocycles. The minimum Gasteiger partial charge on any atom is -0.492 e. The van der Waals surface area contributed by atoms with Crippen LogP contribution >= 0.6 is 0 Å². The number of benzene rings is 2. The maximum absolute atomic E-state index is 13.3. The van der Waals surface area contributed by atoms with Crippen molar-refractivity contribution in [2.24, 2.45) is 0 Å². The van der Waals surface area contributed by atoms with Crippen LogP contribution in [0.15, 0.2) is 127 Å². The quantitative estimate of drug-likeness (QED) is 0.0874. The second-order valence-electron chi connectivity index (χ2n) is 12.6. The normalized spacial score (nSPS) is 19.7. The zero-order chi connectivity index (χ0) is 33.7. The molecule has 1 N–H and O–H groups in total. The van der Waals surface area contributed by atoms with Gasteiger partial charge in [0.25, 0.3) is 0 Å². The van der Waals surface area contributed by atoms with Crippen LogP contribution in [0.5, 0.6) is 5.75 Å². The number of rotatable bonds is 13. The average Bonchev–Trinajstić information content (AvgIpc) is 3.96. The molecule has 7 rings (SSSR count). The van der Waals surface area contributed by atoms with Gasteiger partial charge in [0.15, 0.2) is 5.78 Å². The number of likely N-dealkylation sites (tertiary alicyclic amines) is 1. The van der Waals surface area contributed by atoms with Crippen molar-refractivity contribution in [3.63, 3.8) is 0 Å². The Morgan fingerprint density at radius 1 is 0.940 bits per heavy atom. The van der Waals surface area contributed by atoms with Crippen LogP contribution in [0.3, 0.4) is 0 Å². The van der Waals surface area contributed by atoms with Crippen LogP contribution in [0, 0.1) is 0 Å². The van der Waals surface area contributed by atoms with Crippen molar-refractivity contribution in [1.82, 2.24) is 25.2 Å². The van der Waals surface area contributed by atoms with E-state index in [9.17, 15) is 9.59 Å². The van der Waals surface area contributed by atoms with Gasteiger partial charge in [-0.05, 0) is 67.2 Å². The van der Waals surface area contributed by atoms with E-state index in [0.29, 0.717) is 37.1 Å². The Labute approximate surface area is 305 Å². The first kappa shape index (κ1) is 36.7. The van der Waals surface area contributed by atoms with Crippen LogP contribution in [0.1, 0.15) is 66.6 Å². The van der Waals surface area contributed by atoms with Crippen molar-refractivity contribution in [2.75, 3.05) is 6.61 Å². The number of nitrogens with zero attached hydrogens (tertiary/aromatic N) is 4. The molecule has 9 heteroatoms. The molecule has 1 aliphatic heterocycles. The molecule has 50 heavy (non-hydrogen) atoms. The van der Waals surface area contributed by atoms with E-state index in [1.54, 1.807) is 35.0 Å². The Kier molecular flexibility index (Phi) is 13.9. The van der Waals surface area contributed by atoms with E-state index in [0.717, 1.165) is 42.5 Å². The number of allylic oxidation sites excluding steroid dienone is 10. The molecule has 3 aromatic rings. The second-order valence-corrected chi connectivity index (χ2v) is 12.6. The van der Waals surface area contributed by atoms with Crippen LogP contribution in [0.4, 0.5) is 0 Å². The summed E-state index contributed by atoms with van der Waals surface area (Å²) in [5, 5.41) is 12.0. The number of β-lactam (4-membered cyclic amide) rings is 1. The number of ketones is 1. The Hall–Kier alpha value is -4.56. The maximum atomic E-state index is 13.3. The molecule has 3 aliphatic carbocycles. The summed E-state index contributed by atoms with van der Waals surface area (Å²) in [7, 11) is 0. The number of carbonyl (C=O) groups excluding carboxylic acids is 2. The van der Waals surface area contributed by atoms with Crippen LogP contribution < -0.4 is 10.1 Å². The van der Waals surface area contributed by atoms with E-state index in [2.05, 4.69) is 81.3 Å². The van der Waals surface area contributed by atoms with Crippen LogP contribution in [0.2, 0.25) is 0 Å². The van der Waals surface area contributed by atoms with Crippen LogP contribution in [-0.4, -0.2) is 56.3 Å². The third-order valence-corrected chi connectivity index (χ3v) is 9.14. The molecule has 4 aliphatic rings. The molecule has 1 saturated heterocycles. The molecule has 0 bridgehead atoms. The average molecular weight is 712 g/mol. The Morgan fingerprint density at radius 2 is 1.72 bits per heavy atom. The van der Waals surface area contributed by atoms with Gasteiger partial charge in [-0.2, -0.15) is 0 Å². The van der Waals surface area contributed by atoms with Crippen molar-refractivity contribution in [1.29, 1.82) is 0 Å². The topological polar surface area (TPSA) is 89.4 Å². The first-order valence-electron chi connectivity index (χ1n) is 17.5. The molecule has 1 amide bonds. The van der Waals surface area contributed by atoms with Crippen molar-refractivity contribution in [2.45, 2.75) is 76.2 Å². The fourth-order valence-electron chi connectivity index (χ4n) is 6.48. The molecule has 2 atom stereocenters. The Morgan fingerprint density at radius 3 is 2.42 bits per heavy atom. The number of hydrogen-bond acceptors (Lipinski definition) is 6. The smallest absolute Gasteiger partial charge is 0.492 e. The maximum Gasteiger partial charge on any atom is 2.00 e. The fourth-order valence-corrected chi connectivity index (χ4v) is 6.48. The van der Waals surface area contributed by atoms with Crippen molar-refractivity contribution in [3.8, 4) is 5.75 Å². The first-order chi connectivity index (χ1) is 24.1. The van der Waals surface area contributed by atoms with Gasteiger partial charge in [0, 0.05) is 24.3 Å². The van der Waals surface area contributed by atoms with Crippen molar-refractivity contribution >= 4 is 17.8 Å². The monoisotopic (exact) mass is 711 g/mol. The summed E-state index contributed by atoms with van der Waals surface area (Å²) in [6.45, 7) is 1.40.